The van der Waals surface area contributed by atoms with Crippen LogP contribution in [0.1, 0.15) is 12.0 Å². The van der Waals surface area contributed by atoms with Crippen molar-refractivity contribution in [1.29, 1.82) is 0 Å². The van der Waals surface area contributed by atoms with E-state index in [-0.39, 0.29) is 17.5 Å². The second kappa shape index (κ2) is 7.99. The molecule has 1 aliphatic heterocycles. The standard InChI is InChI=1S/C17H24N4O3S2/c1-13-3-5-14(6-4-13)16-18-17(25)21(19-16)12-20(8-9-24-2)15-7-10-26(22,23)11-15/h3-6,15H,7-12H2,1-2H3,(H,18,19,25)/t15-/m0/s1. The van der Waals surface area contributed by atoms with Crippen LogP contribution in [0.5, 0.6) is 0 Å². The van der Waals surface area contributed by atoms with Gasteiger partial charge in [-0.25, -0.2) is 13.1 Å². The second-order valence-electron chi connectivity index (χ2n) is 6.65. The maximum atomic E-state index is 11.8. The van der Waals surface area contributed by atoms with Crippen LogP contribution in [0.3, 0.4) is 0 Å². The molecule has 0 saturated carbocycles. The lowest BCUT2D eigenvalue weighted by Crippen LogP contribution is -2.40. The van der Waals surface area contributed by atoms with Gasteiger partial charge < -0.3 is 4.74 Å². The number of rotatable bonds is 7. The second-order valence-corrected chi connectivity index (χ2v) is 9.25. The topological polar surface area (TPSA) is 80.2 Å². The largest absolute Gasteiger partial charge is 0.383 e. The fraction of sp³-hybridized carbons (Fsp3) is 0.529. The molecule has 3 rings (SSSR count). The van der Waals surface area contributed by atoms with Crippen LogP contribution in [-0.4, -0.2) is 65.9 Å². The van der Waals surface area contributed by atoms with Crippen LogP contribution in [0, 0.1) is 11.7 Å². The van der Waals surface area contributed by atoms with Crippen molar-refractivity contribution in [2.45, 2.75) is 26.1 Å². The summed E-state index contributed by atoms with van der Waals surface area (Å²) >= 11 is 5.39. The Morgan fingerprint density at radius 1 is 1.38 bits per heavy atom. The van der Waals surface area contributed by atoms with Gasteiger partial charge in [0.2, 0.25) is 4.77 Å². The van der Waals surface area contributed by atoms with Crippen LogP contribution in [0.25, 0.3) is 11.4 Å². The van der Waals surface area contributed by atoms with Crippen LogP contribution in [0.15, 0.2) is 24.3 Å². The van der Waals surface area contributed by atoms with Crippen molar-refractivity contribution in [1.82, 2.24) is 19.7 Å². The molecule has 0 spiro atoms. The Morgan fingerprint density at radius 3 is 2.73 bits per heavy atom. The van der Waals surface area contributed by atoms with Crippen LogP contribution >= 0.6 is 12.2 Å². The van der Waals surface area contributed by atoms with Gasteiger partial charge in [-0.15, -0.1) is 0 Å². The van der Waals surface area contributed by atoms with Crippen LogP contribution in [0.2, 0.25) is 0 Å². The van der Waals surface area contributed by atoms with E-state index in [9.17, 15) is 8.42 Å². The monoisotopic (exact) mass is 396 g/mol. The van der Waals surface area contributed by atoms with Crippen molar-refractivity contribution in [3.05, 3.63) is 34.6 Å². The quantitative estimate of drug-likeness (QED) is 0.721. The van der Waals surface area contributed by atoms with E-state index >= 15 is 0 Å². The third-order valence-electron chi connectivity index (χ3n) is 4.63. The van der Waals surface area contributed by atoms with E-state index < -0.39 is 9.84 Å². The average Bonchev–Trinajstić information content (AvgIpc) is 3.14. The number of aromatic nitrogens is 3. The molecule has 1 N–H and O–H groups in total. The summed E-state index contributed by atoms with van der Waals surface area (Å²) in [6, 6.07) is 8.03. The molecule has 0 radical (unpaired) electrons. The zero-order valence-corrected chi connectivity index (χ0v) is 16.6. The molecule has 0 amide bonds. The third kappa shape index (κ3) is 4.59. The summed E-state index contributed by atoms with van der Waals surface area (Å²) in [6.45, 7) is 3.66. The third-order valence-corrected chi connectivity index (χ3v) is 6.70. The first-order valence-electron chi connectivity index (χ1n) is 8.55. The van der Waals surface area contributed by atoms with Crippen LogP contribution in [0.4, 0.5) is 0 Å². The number of nitrogens with zero attached hydrogens (tertiary/aromatic N) is 3. The number of methoxy groups -OCH3 is 1. The average molecular weight is 397 g/mol. The molecule has 1 atom stereocenters. The molecule has 1 aromatic heterocycles. The van der Waals surface area contributed by atoms with E-state index in [1.54, 1.807) is 11.8 Å². The molecule has 1 aromatic carbocycles. The maximum absolute atomic E-state index is 11.8. The molecule has 26 heavy (non-hydrogen) atoms. The number of sulfone groups is 1. The summed E-state index contributed by atoms with van der Waals surface area (Å²) in [5, 5.41) is 3.24. The van der Waals surface area contributed by atoms with Gasteiger partial charge in [-0.2, -0.15) is 4.98 Å². The van der Waals surface area contributed by atoms with E-state index in [0.29, 0.717) is 36.8 Å². The first-order valence-corrected chi connectivity index (χ1v) is 10.8. The Hall–Kier alpha value is -1.55. The zero-order valence-electron chi connectivity index (χ0n) is 15.0. The molecular weight excluding hydrogens is 372 g/mol. The van der Waals surface area contributed by atoms with E-state index in [4.69, 9.17) is 17.0 Å². The SMILES string of the molecule is COCCN(Cn1[nH]c(-c2ccc(C)cc2)nc1=S)[C@H]1CCS(=O)(=O)C1. The highest BCUT2D eigenvalue weighted by atomic mass is 32.2. The molecule has 0 unspecified atom stereocenters. The summed E-state index contributed by atoms with van der Waals surface area (Å²) in [4.78, 5) is 6.54. The van der Waals surface area contributed by atoms with Crippen LogP contribution in [-0.2, 0) is 21.2 Å². The number of aryl methyl sites for hydroxylation is 1. The number of H-pyrrole nitrogens is 1. The number of hydrogen-bond acceptors (Lipinski definition) is 6. The van der Waals surface area contributed by atoms with E-state index in [1.807, 2.05) is 31.2 Å². The lowest BCUT2D eigenvalue weighted by Gasteiger charge is -2.27. The maximum Gasteiger partial charge on any atom is 0.217 e. The highest BCUT2D eigenvalue weighted by molar-refractivity contribution is 7.91. The molecule has 142 valence electrons. The molecule has 1 saturated heterocycles. The number of ether oxygens (including phenoxy) is 1. The fourth-order valence-electron chi connectivity index (χ4n) is 3.12. The highest BCUT2D eigenvalue weighted by Crippen LogP contribution is 2.20. The summed E-state index contributed by atoms with van der Waals surface area (Å²) in [6.07, 6.45) is 0.637. The van der Waals surface area contributed by atoms with Gasteiger partial charge in [0.15, 0.2) is 15.7 Å². The first-order chi connectivity index (χ1) is 12.4. The number of hydrogen-bond donors (Lipinski definition) is 1. The summed E-state index contributed by atoms with van der Waals surface area (Å²) < 4.78 is 31.1. The Bertz CT molecular complexity index is 903. The Morgan fingerprint density at radius 2 is 2.12 bits per heavy atom. The van der Waals surface area contributed by atoms with Gasteiger partial charge in [-0.1, -0.05) is 29.8 Å². The number of aromatic amines is 1. The summed E-state index contributed by atoms with van der Waals surface area (Å²) in [5.74, 6) is 1.13. The Labute approximate surface area is 158 Å². The number of nitrogens with one attached hydrogen (secondary N) is 1. The van der Waals surface area contributed by atoms with E-state index in [1.165, 1.54) is 5.56 Å². The minimum atomic E-state index is -2.95. The van der Waals surface area contributed by atoms with Crippen molar-refractivity contribution in [2.75, 3.05) is 31.8 Å². The van der Waals surface area contributed by atoms with Gasteiger partial charge in [0.1, 0.15) is 0 Å². The molecule has 0 bridgehead atoms. The van der Waals surface area contributed by atoms with Gasteiger partial charge in [-0.3, -0.25) is 10.00 Å². The van der Waals surface area contributed by atoms with E-state index in [2.05, 4.69) is 15.0 Å². The highest BCUT2D eigenvalue weighted by Gasteiger charge is 2.32. The molecule has 2 heterocycles. The van der Waals surface area contributed by atoms with Crippen molar-refractivity contribution < 1.29 is 13.2 Å². The summed E-state index contributed by atoms with van der Waals surface area (Å²) in [7, 11) is -1.31. The van der Waals surface area contributed by atoms with E-state index in [0.717, 1.165) is 5.56 Å². The molecule has 7 nitrogen and oxygen atoms in total. The van der Waals surface area contributed by atoms with Crippen molar-refractivity contribution in [3.63, 3.8) is 0 Å². The van der Waals surface area contributed by atoms with Crippen molar-refractivity contribution in [2.24, 2.45) is 0 Å². The minimum absolute atomic E-state index is 0.0248. The molecular formula is C17H24N4O3S2. The summed E-state index contributed by atoms with van der Waals surface area (Å²) in [5.41, 5.74) is 2.15. The lowest BCUT2D eigenvalue weighted by molar-refractivity contribution is 0.0982. The predicted molar refractivity (Wildman–Crippen MR) is 103 cm³/mol. The van der Waals surface area contributed by atoms with Crippen molar-refractivity contribution in [3.8, 4) is 11.4 Å². The van der Waals surface area contributed by atoms with Gasteiger partial charge >= 0.3 is 0 Å². The number of benzene rings is 1. The lowest BCUT2D eigenvalue weighted by atomic mass is 10.1. The van der Waals surface area contributed by atoms with Crippen molar-refractivity contribution >= 4 is 22.1 Å². The molecule has 9 heteroatoms. The normalized spacial score (nSPS) is 19.3. The van der Waals surface area contributed by atoms with Gasteiger partial charge in [0.05, 0.1) is 24.8 Å². The molecule has 0 aliphatic carbocycles. The Kier molecular flexibility index (Phi) is 5.91. The zero-order chi connectivity index (χ0) is 18.7. The van der Waals surface area contributed by atoms with Crippen LogP contribution < -0.4 is 0 Å². The van der Waals surface area contributed by atoms with Gasteiger partial charge in [-0.05, 0) is 25.6 Å². The predicted octanol–water partition coefficient (Wildman–Crippen LogP) is 2.01. The fourth-order valence-corrected chi connectivity index (χ4v) is 5.07. The van der Waals surface area contributed by atoms with Gasteiger partial charge in [0.25, 0.3) is 0 Å². The smallest absolute Gasteiger partial charge is 0.217 e. The molecule has 1 fully saturated rings. The molecule has 2 aromatic rings. The molecule has 1 aliphatic rings. The Balaban J connectivity index is 1.80. The minimum Gasteiger partial charge on any atom is -0.383 e. The van der Waals surface area contributed by atoms with Gasteiger partial charge in [0, 0.05) is 25.3 Å². The first kappa shape index (κ1) is 19.2.